The number of benzene rings is 2. The Morgan fingerprint density at radius 3 is 2.41 bits per heavy atom. The van der Waals surface area contributed by atoms with E-state index >= 15 is 0 Å². The van der Waals surface area contributed by atoms with Crippen LogP contribution in [-0.2, 0) is 22.3 Å². The topological polar surface area (TPSA) is 78.8 Å². The van der Waals surface area contributed by atoms with Gasteiger partial charge in [-0.2, -0.15) is 13.2 Å². The lowest BCUT2D eigenvalue weighted by molar-refractivity contribution is -0.142. The van der Waals surface area contributed by atoms with Crippen molar-refractivity contribution >= 4 is 5.97 Å². The van der Waals surface area contributed by atoms with Crippen molar-refractivity contribution in [3.63, 3.8) is 0 Å². The molecule has 1 heterocycles. The summed E-state index contributed by atoms with van der Waals surface area (Å²) in [4.78, 5) is 10.9. The van der Waals surface area contributed by atoms with E-state index in [2.05, 4.69) is 5.32 Å². The quantitative estimate of drug-likeness (QED) is 0.742. The fraction of sp³-hybridized carbons (Fsp3) is 0.316. The molecule has 2 aromatic carbocycles. The summed E-state index contributed by atoms with van der Waals surface area (Å²) in [6, 6.07) is 10.7. The Bertz CT molecular complexity index is 807. The van der Waals surface area contributed by atoms with Crippen molar-refractivity contribution in [1.82, 2.24) is 5.32 Å². The van der Waals surface area contributed by atoms with Gasteiger partial charge in [-0.25, -0.2) is 0 Å². The van der Waals surface area contributed by atoms with Crippen LogP contribution in [0.1, 0.15) is 11.1 Å². The molecule has 0 aliphatic carbocycles. The summed E-state index contributed by atoms with van der Waals surface area (Å²) in [5, 5.41) is 21.5. The molecule has 1 aliphatic rings. The first-order valence-electron chi connectivity index (χ1n) is 8.29. The predicted molar refractivity (Wildman–Crippen MR) is 90.9 cm³/mol. The molecule has 5 nitrogen and oxygen atoms in total. The second-order valence-corrected chi connectivity index (χ2v) is 6.30. The van der Waals surface area contributed by atoms with Crippen LogP contribution < -0.4 is 5.32 Å². The highest BCUT2D eigenvalue weighted by atomic mass is 19.4. The molecule has 0 spiro atoms. The van der Waals surface area contributed by atoms with Gasteiger partial charge in [0.25, 0.3) is 0 Å². The number of carboxylic acids is 1. The predicted octanol–water partition coefficient (Wildman–Crippen LogP) is 2.67. The molecule has 0 bridgehead atoms. The molecule has 3 rings (SSSR count). The molecule has 8 heteroatoms. The molecule has 0 unspecified atom stereocenters. The van der Waals surface area contributed by atoms with Gasteiger partial charge in [-0.3, -0.25) is 10.1 Å². The fourth-order valence-corrected chi connectivity index (χ4v) is 3.06. The largest absolute Gasteiger partial charge is 0.480 e. The van der Waals surface area contributed by atoms with Gasteiger partial charge in [-0.1, -0.05) is 42.5 Å². The summed E-state index contributed by atoms with van der Waals surface area (Å²) in [5.74, 6) is -1.15. The molecule has 3 N–H and O–H groups in total. The van der Waals surface area contributed by atoms with E-state index in [4.69, 9.17) is 9.84 Å². The van der Waals surface area contributed by atoms with Crippen LogP contribution in [-0.4, -0.2) is 41.0 Å². The molecule has 27 heavy (non-hydrogen) atoms. The number of halogens is 3. The van der Waals surface area contributed by atoms with Gasteiger partial charge in [-0.15, -0.1) is 0 Å². The minimum absolute atomic E-state index is 0.0946. The number of hydrogen-bond donors (Lipinski definition) is 3. The Labute approximate surface area is 153 Å². The zero-order valence-corrected chi connectivity index (χ0v) is 14.1. The van der Waals surface area contributed by atoms with Crippen molar-refractivity contribution in [1.29, 1.82) is 0 Å². The molecule has 0 radical (unpaired) electrons. The SMILES string of the molecule is O=C(O)[C@@H]1NC[C@H](OCc2ccc(-c3ccccc3C(F)(F)F)cc2)[C@H]1O. The molecule has 144 valence electrons. The molecular formula is C19H18F3NO4. The van der Waals surface area contributed by atoms with E-state index in [-0.39, 0.29) is 18.7 Å². The van der Waals surface area contributed by atoms with Gasteiger partial charge < -0.3 is 14.9 Å². The summed E-state index contributed by atoms with van der Waals surface area (Å²) in [7, 11) is 0. The number of carboxylic acid groups (broad SMARTS) is 1. The number of carbonyl (C=O) groups is 1. The third-order valence-corrected chi connectivity index (χ3v) is 4.49. The van der Waals surface area contributed by atoms with Gasteiger partial charge in [0.1, 0.15) is 12.1 Å². The number of aliphatic carboxylic acids is 1. The van der Waals surface area contributed by atoms with E-state index in [0.29, 0.717) is 11.1 Å². The smallest absolute Gasteiger partial charge is 0.417 e. The van der Waals surface area contributed by atoms with Gasteiger partial charge in [0.15, 0.2) is 0 Å². The molecule has 0 aromatic heterocycles. The van der Waals surface area contributed by atoms with Gasteiger partial charge in [0, 0.05) is 6.54 Å². The van der Waals surface area contributed by atoms with Crippen molar-refractivity contribution in [2.45, 2.75) is 31.0 Å². The summed E-state index contributed by atoms with van der Waals surface area (Å²) in [5.41, 5.74) is 0.528. The van der Waals surface area contributed by atoms with E-state index < -0.39 is 36.0 Å². The lowest BCUT2D eigenvalue weighted by atomic mass is 9.98. The van der Waals surface area contributed by atoms with Crippen molar-refractivity contribution in [3.05, 3.63) is 59.7 Å². The van der Waals surface area contributed by atoms with Crippen LogP contribution in [0.2, 0.25) is 0 Å². The van der Waals surface area contributed by atoms with Crippen LogP contribution in [0.25, 0.3) is 11.1 Å². The zero-order chi connectivity index (χ0) is 19.6. The Morgan fingerprint density at radius 2 is 1.81 bits per heavy atom. The maximum Gasteiger partial charge on any atom is 0.417 e. The lowest BCUT2D eigenvalue weighted by Gasteiger charge is -2.17. The first kappa shape index (κ1) is 19.3. The maximum absolute atomic E-state index is 13.1. The molecule has 2 aromatic rings. The number of hydrogen-bond acceptors (Lipinski definition) is 4. The molecule has 0 amide bonds. The van der Waals surface area contributed by atoms with E-state index in [9.17, 15) is 23.1 Å². The highest BCUT2D eigenvalue weighted by Crippen LogP contribution is 2.36. The van der Waals surface area contributed by atoms with Crippen molar-refractivity contribution in [3.8, 4) is 11.1 Å². The Balaban J connectivity index is 1.68. The van der Waals surface area contributed by atoms with E-state index in [0.717, 1.165) is 6.07 Å². The van der Waals surface area contributed by atoms with Crippen LogP contribution in [0, 0.1) is 0 Å². The number of aliphatic hydroxyl groups excluding tert-OH is 1. The minimum Gasteiger partial charge on any atom is -0.480 e. The number of alkyl halides is 3. The maximum atomic E-state index is 13.1. The van der Waals surface area contributed by atoms with Crippen LogP contribution in [0.3, 0.4) is 0 Å². The van der Waals surface area contributed by atoms with Crippen LogP contribution >= 0.6 is 0 Å². The van der Waals surface area contributed by atoms with Crippen LogP contribution in [0.15, 0.2) is 48.5 Å². The molecule has 1 saturated heterocycles. The number of ether oxygens (including phenoxy) is 1. The normalized spacial score (nSPS) is 22.7. The minimum atomic E-state index is -4.44. The second-order valence-electron chi connectivity index (χ2n) is 6.30. The van der Waals surface area contributed by atoms with Crippen molar-refractivity contribution in [2.75, 3.05) is 6.54 Å². The highest BCUT2D eigenvalue weighted by molar-refractivity contribution is 5.75. The monoisotopic (exact) mass is 381 g/mol. The fourth-order valence-electron chi connectivity index (χ4n) is 3.06. The van der Waals surface area contributed by atoms with Crippen LogP contribution in [0.4, 0.5) is 13.2 Å². The highest BCUT2D eigenvalue weighted by Gasteiger charge is 2.39. The molecule has 1 aliphatic heterocycles. The molecular weight excluding hydrogens is 363 g/mol. The molecule has 0 saturated carbocycles. The van der Waals surface area contributed by atoms with Crippen LogP contribution in [0.5, 0.6) is 0 Å². The first-order chi connectivity index (χ1) is 12.8. The van der Waals surface area contributed by atoms with Gasteiger partial charge in [0.2, 0.25) is 0 Å². The number of nitrogens with one attached hydrogen (secondary N) is 1. The van der Waals surface area contributed by atoms with E-state index in [1.54, 1.807) is 30.3 Å². The Kier molecular flexibility index (Phi) is 5.50. The molecule has 1 fully saturated rings. The van der Waals surface area contributed by atoms with E-state index in [1.165, 1.54) is 12.1 Å². The average molecular weight is 381 g/mol. The Morgan fingerprint density at radius 1 is 1.15 bits per heavy atom. The van der Waals surface area contributed by atoms with Gasteiger partial charge in [0.05, 0.1) is 18.3 Å². The van der Waals surface area contributed by atoms with Gasteiger partial charge >= 0.3 is 12.1 Å². The summed E-state index contributed by atoms with van der Waals surface area (Å²) in [6.07, 6.45) is -6.28. The summed E-state index contributed by atoms with van der Waals surface area (Å²) >= 11 is 0. The van der Waals surface area contributed by atoms with Gasteiger partial charge in [-0.05, 0) is 22.8 Å². The number of rotatable bonds is 5. The zero-order valence-electron chi connectivity index (χ0n) is 14.1. The van der Waals surface area contributed by atoms with Crippen molar-refractivity contribution in [2.24, 2.45) is 0 Å². The summed E-state index contributed by atoms with van der Waals surface area (Å²) < 4.78 is 45.0. The lowest BCUT2D eigenvalue weighted by Crippen LogP contribution is -2.40. The third kappa shape index (κ3) is 4.29. The first-order valence-corrected chi connectivity index (χ1v) is 8.29. The third-order valence-electron chi connectivity index (χ3n) is 4.49. The standard InChI is InChI=1S/C19H18F3NO4/c20-19(21,22)14-4-2-1-3-13(14)12-7-5-11(6-8-12)10-27-15-9-23-16(17(15)24)18(25)26/h1-8,15-17,23-24H,9-10H2,(H,25,26)/t15-,16+,17+/m0/s1. The number of aliphatic hydroxyl groups is 1. The van der Waals surface area contributed by atoms with E-state index in [1.807, 2.05) is 0 Å². The average Bonchev–Trinajstić information content (AvgIpc) is 3.00. The summed E-state index contributed by atoms with van der Waals surface area (Å²) in [6.45, 7) is 0.312. The molecule has 3 atom stereocenters. The second kappa shape index (κ2) is 7.67. The Hall–Kier alpha value is -2.42. The van der Waals surface area contributed by atoms with Crippen molar-refractivity contribution < 1.29 is 32.9 Å².